The van der Waals surface area contributed by atoms with Gasteiger partial charge in [0.05, 0.1) is 17.3 Å². The molecule has 0 aromatic carbocycles. The van der Waals surface area contributed by atoms with Crippen molar-refractivity contribution in [3.05, 3.63) is 0 Å². The van der Waals surface area contributed by atoms with Crippen LogP contribution >= 0.6 is 11.8 Å². The van der Waals surface area contributed by atoms with Crippen LogP contribution in [0, 0.1) is 5.92 Å². The fourth-order valence-corrected chi connectivity index (χ4v) is 5.48. The molecule has 0 aliphatic carbocycles. The minimum Gasteiger partial charge on any atom is -0.481 e. The number of carbonyl (C=O) groups is 2. The number of thioether (sulfide) groups is 1. The highest BCUT2D eigenvalue weighted by Gasteiger charge is 2.28. The zero-order chi connectivity index (χ0) is 15.2. The highest BCUT2D eigenvalue weighted by Crippen LogP contribution is 2.23. The fraction of sp³-hybridized carbons (Fsp3) is 0.833. The second kappa shape index (κ2) is 7.87. The van der Waals surface area contributed by atoms with Gasteiger partial charge >= 0.3 is 5.97 Å². The van der Waals surface area contributed by atoms with Gasteiger partial charge < -0.3 is 10.4 Å². The molecular weight excluding hydrogens is 302 g/mol. The quantitative estimate of drug-likeness (QED) is 0.675. The lowest BCUT2D eigenvalue weighted by Gasteiger charge is -2.14. The molecule has 0 radical (unpaired) electrons. The van der Waals surface area contributed by atoms with E-state index < -0.39 is 15.8 Å². The van der Waals surface area contributed by atoms with Crippen molar-refractivity contribution in [1.29, 1.82) is 0 Å². The van der Waals surface area contributed by atoms with E-state index in [0.29, 0.717) is 19.4 Å². The molecule has 1 aliphatic rings. The third-order valence-corrected chi connectivity index (χ3v) is 6.55. The van der Waals surface area contributed by atoms with Gasteiger partial charge in [0.2, 0.25) is 5.91 Å². The normalized spacial score (nSPS) is 22.4. The van der Waals surface area contributed by atoms with Crippen molar-refractivity contribution in [3.8, 4) is 0 Å². The van der Waals surface area contributed by atoms with Crippen LogP contribution in [0.1, 0.15) is 26.2 Å². The van der Waals surface area contributed by atoms with Crippen LogP contribution in [0.15, 0.2) is 0 Å². The van der Waals surface area contributed by atoms with Gasteiger partial charge in [0.15, 0.2) is 9.84 Å². The highest BCUT2D eigenvalue weighted by atomic mass is 32.2. The lowest BCUT2D eigenvalue weighted by molar-refractivity contribution is -0.138. The van der Waals surface area contributed by atoms with E-state index in [4.69, 9.17) is 5.11 Å². The molecule has 1 saturated heterocycles. The first-order valence-electron chi connectivity index (χ1n) is 6.63. The van der Waals surface area contributed by atoms with Gasteiger partial charge in [-0.15, -0.1) is 11.8 Å². The molecule has 1 aliphatic heterocycles. The summed E-state index contributed by atoms with van der Waals surface area (Å²) in [6.07, 6.45) is 1.35. The molecule has 20 heavy (non-hydrogen) atoms. The molecule has 0 aromatic rings. The number of sulfone groups is 1. The van der Waals surface area contributed by atoms with Crippen LogP contribution in [0.2, 0.25) is 0 Å². The Morgan fingerprint density at radius 3 is 2.65 bits per heavy atom. The predicted octanol–water partition coefficient (Wildman–Crippen LogP) is 0.524. The third-order valence-electron chi connectivity index (χ3n) is 3.27. The SMILES string of the molecule is CCC(CNC(=O)CSC1CCS(=O)(=O)C1)CC(=O)O. The van der Waals surface area contributed by atoms with E-state index in [1.54, 1.807) is 0 Å². The molecule has 1 rings (SSSR count). The van der Waals surface area contributed by atoms with Crippen molar-refractivity contribution in [2.24, 2.45) is 5.92 Å². The molecule has 2 atom stereocenters. The second-order valence-electron chi connectivity index (χ2n) is 5.01. The Balaban J connectivity index is 2.22. The summed E-state index contributed by atoms with van der Waals surface area (Å²) in [6, 6.07) is 0. The smallest absolute Gasteiger partial charge is 0.303 e. The summed E-state index contributed by atoms with van der Waals surface area (Å²) in [5.74, 6) is -0.498. The molecule has 0 bridgehead atoms. The van der Waals surface area contributed by atoms with E-state index in [-0.39, 0.29) is 40.8 Å². The Bertz CT molecular complexity index is 449. The van der Waals surface area contributed by atoms with Gasteiger partial charge in [-0.3, -0.25) is 9.59 Å². The number of carboxylic acids is 1. The lowest BCUT2D eigenvalue weighted by Crippen LogP contribution is -2.32. The molecule has 8 heteroatoms. The van der Waals surface area contributed by atoms with Gasteiger partial charge in [0, 0.05) is 18.2 Å². The van der Waals surface area contributed by atoms with Crippen LogP contribution in [-0.4, -0.2) is 54.5 Å². The lowest BCUT2D eigenvalue weighted by atomic mass is 10.0. The second-order valence-corrected chi connectivity index (χ2v) is 8.53. The Morgan fingerprint density at radius 1 is 1.45 bits per heavy atom. The van der Waals surface area contributed by atoms with Crippen molar-refractivity contribution in [1.82, 2.24) is 5.32 Å². The molecule has 2 N–H and O–H groups in total. The Labute approximate surface area is 123 Å². The van der Waals surface area contributed by atoms with E-state index in [0.717, 1.165) is 0 Å². The summed E-state index contributed by atoms with van der Waals surface area (Å²) in [6.45, 7) is 2.24. The van der Waals surface area contributed by atoms with E-state index in [1.807, 2.05) is 6.92 Å². The number of carboxylic acid groups (broad SMARTS) is 1. The summed E-state index contributed by atoms with van der Waals surface area (Å²) < 4.78 is 22.5. The molecule has 1 heterocycles. The number of amides is 1. The van der Waals surface area contributed by atoms with Gasteiger partial charge in [0.25, 0.3) is 0 Å². The van der Waals surface area contributed by atoms with E-state index >= 15 is 0 Å². The molecule has 0 saturated carbocycles. The zero-order valence-corrected chi connectivity index (χ0v) is 13.1. The van der Waals surface area contributed by atoms with Gasteiger partial charge in [-0.1, -0.05) is 13.3 Å². The topological polar surface area (TPSA) is 101 Å². The monoisotopic (exact) mass is 323 g/mol. The largest absolute Gasteiger partial charge is 0.481 e. The summed E-state index contributed by atoms with van der Waals surface area (Å²) in [5, 5.41) is 11.4. The van der Waals surface area contributed by atoms with Crippen LogP contribution in [0.5, 0.6) is 0 Å². The predicted molar refractivity (Wildman–Crippen MR) is 78.6 cm³/mol. The average Bonchev–Trinajstić information content (AvgIpc) is 2.71. The number of hydrogen-bond acceptors (Lipinski definition) is 5. The summed E-state index contributed by atoms with van der Waals surface area (Å²) in [5.41, 5.74) is 0. The minimum atomic E-state index is -2.90. The maximum Gasteiger partial charge on any atom is 0.303 e. The van der Waals surface area contributed by atoms with E-state index in [2.05, 4.69) is 5.32 Å². The van der Waals surface area contributed by atoms with Gasteiger partial charge in [-0.05, 0) is 12.3 Å². The fourth-order valence-electron chi connectivity index (χ4n) is 2.00. The van der Waals surface area contributed by atoms with Crippen LogP contribution in [-0.2, 0) is 19.4 Å². The minimum absolute atomic E-state index is 0.00624. The summed E-state index contributed by atoms with van der Waals surface area (Å²) >= 11 is 1.36. The number of aliphatic carboxylic acids is 1. The zero-order valence-electron chi connectivity index (χ0n) is 11.5. The molecule has 0 aromatic heterocycles. The number of carbonyl (C=O) groups excluding carboxylic acids is 1. The van der Waals surface area contributed by atoms with Crippen LogP contribution < -0.4 is 5.32 Å². The number of nitrogens with one attached hydrogen (secondary N) is 1. The van der Waals surface area contributed by atoms with Crippen molar-refractivity contribution in [2.45, 2.75) is 31.4 Å². The maximum absolute atomic E-state index is 11.6. The third kappa shape index (κ3) is 6.60. The van der Waals surface area contributed by atoms with Gasteiger partial charge in [-0.25, -0.2) is 8.42 Å². The Hall–Kier alpha value is -0.760. The van der Waals surface area contributed by atoms with Gasteiger partial charge in [0.1, 0.15) is 0 Å². The van der Waals surface area contributed by atoms with Crippen molar-refractivity contribution < 1.29 is 23.1 Å². The Kier molecular flexibility index (Phi) is 6.81. The van der Waals surface area contributed by atoms with Crippen molar-refractivity contribution in [3.63, 3.8) is 0 Å². The van der Waals surface area contributed by atoms with Crippen LogP contribution in [0.3, 0.4) is 0 Å². The molecule has 2 unspecified atom stereocenters. The molecule has 1 amide bonds. The Morgan fingerprint density at radius 2 is 2.15 bits per heavy atom. The molecular formula is C12H21NO5S2. The van der Waals surface area contributed by atoms with Gasteiger partial charge in [-0.2, -0.15) is 0 Å². The standard InChI is InChI=1S/C12H21NO5S2/c1-2-9(5-12(15)16)6-13-11(14)7-19-10-3-4-20(17,18)8-10/h9-10H,2-8H2,1H3,(H,13,14)(H,15,16). The van der Waals surface area contributed by atoms with E-state index in [9.17, 15) is 18.0 Å². The number of hydrogen-bond donors (Lipinski definition) is 2. The molecule has 0 spiro atoms. The molecule has 116 valence electrons. The van der Waals surface area contributed by atoms with Crippen molar-refractivity contribution in [2.75, 3.05) is 23.8 Å². The molecule has 6 nitrogen and oxygen atoms in total. The van der Waals surface area contributed by atoms with Crippen LogP contribution in [0.4, 0.5) is 0 Å². The summed E-state index contributed by atoms with van der Waals surface area (Å²) in [4.78, 5) is 22.2. The summed E-state index contributed by atoms with van der Waals surface area (Å²) in [7, 11) is -2.90. The maximum atomic E-state index is 11.6. The average molecular weight is 323 g/mol. The highest BCUT2D eigenvalue weighted by molar-refractivity contribution is 8.02. The first kappa shape index (κ1) is 17.3. The molecule has 1 fully saturated rings. The first-order chi connectivity index (χ1) is 9.32. The number of rotatable bonds is 8. The van der Waals surface area contributed by atoms with Crippen molar-refractivity contribution >= 4 is 33.5 Å². The van der Waals surface area contributed by atoms with E-state index in [1.165, 1.54) is 11.8 Å². The van der Waals surface area contributed by atoms with Crippen LogP contribution in [0.25, 0.3) is 0 Å². The first-order valence-corrected chi connectivity index (χ1v) is 9.50.